The lowest BCUT2D eigenvalue weighted by atomic mass is 9.96. The van der Waals surface area contributed by atoms with Gasteiger partial charge in [0.05, 0.1) is 27.6 Å². The number of fused-ring (bicyclic) bond motifs is 1. The highest BCUT2D eigenvalue weighted by Crippen LogP contribution is 2.39. The van der Waals surface area contributed by atoms with Crippen molar-refractivity contribution in [2.24, 2.45) is 11.7 Å². The molecule has 1 fully saturated rings. The van der Waals surface area contributed by atoms with Crippen LogP contribution < -0.4 is 11.1 Å². The molecule has 0 saturated heterocycles. The van der Waals surface area contributed by atoms with Crippen LogP contribution in [0.25, 0.3) is 11.0 Å². The molecule has 6 heteroatoms. The van der Waals surface area contributed by atoms with Crippen LogP contribution >= 0.6 is 11.8 Å². The van der Waals surface area contributed by atoms with Gasteiger partial charge in [0, 0.05) is 6.54 Å². The van der Waals surface area contributed by atoms with E-state index in [2.05, 4.69) is 29.1 Å². The minimum Gasteiger partial charge on any atom is -0.349 e. The maximum absolute atomic E-state index is 12.2. The first kappa shape index (κ1) is 16.3. The molecule has 23 heavy (non-hydrogen) atoms. The van der Waals surface area contributed by atoms with Crippen LogP contribution in [-0.4, -0.2) is 33.7 Å². The number of benzene rings is 1. The third-order valence-electron chi connectivity index (χ3n) is 4.58. The molecule has 4 N–H and O–H groups in total. The first-order valence-electron chi connectivity index (χ1n) is 8.09. The number of hydrogen-bond donors (Lipinski definition) is 3. The Labute approximate surface area is 140 Å². The molecule has 1 aromatic heterocycles. The van der Waals surface area contributed by atoms with Crippen LogP contribution in [0.15, 0.2) is 24.3 Å². The third-order valence-corrected chi connectivity index (χ3v) is 5.74. The summed E-state index contributed by atoms with van der Waals surface area (Å²) in [5, 5.41) is 3.26. The van der Waals surface area contributed by atoms with Gasteiger partial charge in [-0.3, -0.25) is 4.79 Å². The van der Waals surface area contributed by atoms with Gasteiger partial charge in [0.2, 0.25) is 5.91 Å². The number of carbonyl (C=O) groups is 1. The summed E-state index contributed by atoms with van der Waals surface area (Å²) in [5.74, 6) is 1.92. The summed E-state index contributed by atoms with van der Waals surface area (Å²) in [5.41, 5.74) is 7.59. The fourth-order valence-electron chi connectivity index (χ4n) is 2.84. The average Bonchev–Trinajstić information content (AvgIpc) is 3.32. The number of nitrogens with zero attached hydrogens (tertiary/aromatic N) is 1. The zero-order valence-electron chi connectivity index (χ0n) is 13.6. The van der Waals surface area contributed by atoms with Gasteiger partial charge in [0.25, 0.3) is 0 Å². The molecule has 124 valence electrons. The van der Waals surface area contributed by atoms with Crippen LogP contribution in [0.1, 0.15) is 37.8 Å². The summed E-state index contributed by atoms with van der Waals surface area (Å²) in [6, 6.07) is 7.96. The van der Waals surface area contributed by atoms with Crippen LogP contribution in [0, 0.1) is 5.92 Å². The zero-order valence-corrected chi connectivity index (χ0v) is 14.5. The second kappa shape index (κ2) is 6.53. The minimum absolute atomic E-state index is 0.0535. The van der Waals surface area contributed by atoms with E-state index in [-0.39, 0.29) is 16.7 Å². The molecule has 1 amide bonds. The van der Waals surface area contributed by atoms with E-state index in [1.165, 1.54) is 0 Å². The summed E-state index contributed by atoms with van der Waals surface area (Å²) in [4.78, 5) is 20.2. The van der Waals surface area contributed by atoms with Gasteiger partial charge in [-0.2, -0.15) is 0 Å². The van der Waals surface area contributed by atoms with Crippen molar-refractivity contribution >= 4 is 28.7 Å². The highest BCUT2D eigenvalue weighted by molar-refractivity contribution is 8.00. The maximum Gasteiger partial charge on any atom is 0.230 e. The molecular weight excluding hydrogens is 308 g/mol. The molecule has 0 radical (unpaired) electrons. The third kappa shape index (κ3) is 3.70. The lowest BCUT2D eigenvalue weighted by Crippen LogP contribution is -2.53. The summed E-state index contributed by atoms with van der Waals surface area (Å²) >= 11 is 1.59. The second-order valence-corrected chi connectivity index (χ2v) is 7.87. The van der Waals surface area contributed by atoms with Crippen LogP contribution in [0.4, 0.5) is 0 Å². The van der Waals surface area contributed by atoms with Gasteiger partial charge >= 0.3 is 0 Å². The standard InChI is InChI=1S/C17H24N4OS/c1-11(16-19-13-5-3-4-6-14(13)20-16)23-9-15(22)21-17(2,10-18)12-7-8-12/h3-6,11-12H,7-10,18H2,1-2H3,(H,19,20)(H,21,22). The van der Waals surface area contributed by atoms with E-state index in [0.29, 0.717) is 18.2 Å². The Bertz CT molecular complexity index is 664. The second-order valence-electron chi connectivity index (χ2n) is 6.54. The number of rotatable bonds is 7. The summed E-state index contributed by atoms with van der Waals surface area (Å²) in [6.45, 7) is 4.61. The quantitative estimate of drug-likeness (QED) is 0.728. The fourth-order valence-corrected chi connectivity index (χ4v) is 3.58. The highest BCUT2D eigenvalue weighted by Gasteiger charge is 2.41. The van der Waals surface area contributed by atoms with Crippen molar-refractivity contribution in [1.82, 2.24) is 15.3 Å². The number of para-hydroxylation sites is 2. The van der Waals surface area contributed by atoms with E-state index in [1.807, 2.05) is 24.3 Å². The van der Waals surface area contributed by atoms with Crippen LogP contribution in [0.3, 0.4) is 0 Å². The number of nitrogens with one attached hydrogen (secondary N) is 2. The molecule has 3 rings (SSSR count). The van der Waals surface area contributed by atoms with E-state index in [9.17, 15) is 4.79 Å². The van der Waals surface area contributed by atoms with Gasteiger partial charge in [-0.25, -0.2) is 4.98 Å². The van der Waals surface area contributed by atoms with Crippen molar-refractivity contribution in [3.63, 3.8) is 0 Å². The summed E-state index contributed by atoms with van der Waals surface area (Å²) < 4.78 is 0. The van der Waals surface area contributed by atoms with Crippen LogP contribution in [-0.2, 0) is 4.79 Å². The van der Waals surface area contributed by atoms with Gasteiger partial charge in [0.1, 0.15) is 5.82 Å². The maximum atomic E-state index is 12.2. The number of H-pyrrole nitrogens is 1. The van der Waals surface area contributed by atoms with Crippen molar-refractivity contribution in [2.45, 2.75) is 37.5 Å². The topological polar surface area (TPSA) is 83.8 Å². The molecule has 1 saturated carbocycles. The molecule has 1 aromatic carbocycles. The molecule has 2 aromatic rings. The monoisotopic (exact) mass is 332 g/mol. The number of aromatic nitrogens is 2. The van der Waals surface area contributed by atoms with Crippen molar-refractivity contribution in [3.05, 3.63) is 30.1 Å². The van der Waals surface area contributed by atoms with E-state index in [4.69, 9.17) is 5.73 Å². The predicted octanol–water partition coefficient (Wildman–Crippen LogP) is 2.60. The van der Waals surface area contributed by atoms with Crippen LogP contribution in [0.5, 0.6) is 0 Å². The number of thioether (sulfide) groups is 1. The zero-order chi connectivity index (χ0) is 16.4. The molecule has 0 aliphatic heterocycles. The van der Waals surface area contributed by atoms with Gasteiger partial charge in [0.15, 0.2) is 0 Å². The van der Waals surface area contributed by atoms with Gasteiger partial charge < -0.3 is 16.0 Å². The van der Waals surface area contributed by atoms with Crippen molar-refractivity contribution < 1.29 is 4.79 Å². The smallest absolute Gasteiger partial charge is 0.230 e. The Hall–Kier alpha value is -1.53. The van der Waals surface area contributed by atoms with Crippen molar-refractivity contribution in [3.8, 4) is 0 Å². The summed E-state index contributed by atoms with van der Waals surface area (Å²) in [7, 11) is 0. The molecule has 2 atom stereocenters. The number of carbonyl (C=O) groups excluding carboxylic acids is 1. The molecule has 1 heterocycles. The number of amides is 1. The SMILES string of the molecule is CC(SCC(=O)NC(C)(CN)C1CC1)c1nc2ccccc2[nH]1. The van der Waals surface area contributed by atoms with E-state index >= 15 is 0 Å². The Kier molecular flexibility index (Phi) is 4.64. The Balaban J connectivity index is 1.55. The molecule has 1 aliphatic carbocycles. The molecule has 5 nitrogen and oxygen atoms in total. The highest BCUT2D eigenvalue weighted by atomic mass is 32.2. The van der Waals surface area contributed by atoms with Gasteiger partial charge in [-0.15, -0.1) is 11.8 Å². The molecular formula is C17H24N4OS. The molecule has 1 aliphatic rings. The number of nitrogens with two attached hydrogens (primary N) is 1. The minimum atomic E-state index is -0.250. The number of aromatic amines is 1. The Morgan fingerprint density at radius 1 is 1.52 bits per heavy atom. The van der Waals surface area contributed by atoms with E-state index in [0.717, 1.165) is 29.7 Å². The van der Waals surface area contributed by atoms with Crippen molar-refractivity contribution in [2.75, 3.05) is 12.3 Å². The molecule has 2 unspecified atom stereocenters. The summed E-state index contributed by atoms with van der Waals surface area (Å²) in [6.07, 6.45) is 2.33. The Morgan fingerprint density at radius 3 is 2.91 bits per heavy atom. The number of imidazole rings is 1. The average molecular weight is 332 g/mol. The van der Waals surface area contributed by atoms with Gasteiger partial charge in [-0.05, 0) is 44.7 Å². The Morgan fingerprint density at radius 2 is 2.26 bits per heavy atom. The lowest BCUT2D eigenvalue weighted by Gasteiger charge is -2.29. The van der Waals surface area contributed by atoms with Crippen LogP contribution in [0.2, 0.25) is 0 Å². The predicted molar refractivity (Wildman–Crippen MR) is 95.3 cm³/mol. The largest absolute Gasteiger partial charge is 0.349 e. The molecule has 0 spiro atoms. The van der Waals surface area contributed by atoms with Crippen molar-refractivity contribution in [1.29, 1.82) is 0 Å². The normalized spacial score (nSPS) is 18.6. The number of hydrogen-bond acceptors (Lipinski definition) is 4. The first-order chi connectivity index (χ1) is 11.0. The van der Waals surface area contributed by atoms with Gasteiger partial charge in [-0.1, -0.05) is 12.1 Å². The fraction of sp³-hybridized carbons (Fsp3) is 0.529. The lowest BCUT2D eigenvalue weighted by molar-refractivity contribution is -0.120. The van der Waals surface area contributed by atoms with E-state index < -0.39 is 0 Å². The first-order valence-corrected chi connectivity index (χ1v) is 9.14. The molecule has 0 bridgehead atoms. The van der Waals surface area contributed by atoms with E-state index in [1.54, 1.807) is 11.8 Å².